The smallest absolute Gasteiger partial charge is 0.261 e. The summed E-state index contributed by atoms with van der Waals surface area (Å²) >= 11 is 1.43. The molecular weight excluding hydrogens is 560 g/mol. The molecule has 1 fully saturated rings. The van der Waals surface area contributed by atoms with Crippen LogP contribution in [0.5, 0.6) is 5.75 Å². The zero-order valence-electron chi connectivity index (χ0n) is 24.7. The van der Waals surface area contributed by atoms with Gasteiger partial charge in [-0.3, -0.25) is 9.69 Å². The van der Waals surface area contributed by atoms with Crippen molar-refractivity contribution in [3.05, 3.63) is 88.9 Å². The van der Waals surface area contributed by atoms with Crippen molar-refractivity contribution in [2.45, 2.75) is 19.3 Å². The normalized spacial score (nSPS) is 14.0. The number of ether oxygens (including phenoxy) is 1. The third-order valence-corrected chi connectivity index (χ3v) is 8.71. The van der Waals surface area contributed by atoms with Crippen molar-refractivity contribution in [2.75, 3.05) is 64.8 Å². The lowest BCUT2D eigenvalue weighted by Gasteiger charge is -2.34. The predicted molar refractivity (Wildman–Crippen MR) is 172 cm³/mol. The number of nitrogens with zero attached hydrogens (tertiary/aromatic N) is 4. The predicted octanol–water partition coefficient (Wildman–Crippen LogP) is 4.47. The highest BCUT2D eigenvalue weighted by molar-refractivity contribution is 7.17. The molecule has 0 unspecified atom stereocenters. The lowest BCUT2D eigenvalue weighted by atomic mass is 10.1. The topological polar surface area (TPSA) is 103 Å². The van der Waals surface area contributed by atoms with E-state index in [1.165, 1.54) is 22.5 Å². The number of hydrogen-bond donors (Lipinski definition) is 3. The number of nitrogens with one attached hydrogen (secondary N) is 2. The highest BCUT2D eigenvalue weighted by atomic mass is 32.1. The van der Waals surface area contributed by atoms with Crippen LogP contribution in [0.25, 0.3) is 10.6 Å². The standard InChI is InChI=1S/C33H40N6O3S/c1-42-28-6-2-4-26(24-28)5-3-15-34-32(41)31-12-11-30(43-31)29-13-16-35-33(37-29)36-27-9-7-25(8-10-27)14-17-38-18-20-39(21-19-38)22-23-40/h2,4,6-13,16,24,40H,3,5,14-15,17-23H2,1H3,(H,34,41)(H,35,36,37). The molecule has 1 saturated heterocycles. The summed E-state index contributed by atoms with van der Waals surface area (Å²) in [6.45, 7) is 6.79. The molecule has 0 aliphatic carbocycles. The van der Waals surface area contributed by atoms with E-state index in [4.69, 9.17) is 14.8 Å². The summed E-state index contributed by atoms with van der Waals surface area (Å²) in [7, 11) is 1.67. The van der Waals surface area contributed by atoms with E-state index in [1.807, 2.05) is 36.4 Å². The van der Waals surface area contributed by atoms with Gasteiger partial charge in [0.2, 0.25) is 5.95 Å². The second-order valence-electron chi connectivity index (χ2n) is 10.6. The number of aliphatic hydroxyl groups is 1. The molecular formula is C33H40N6O3S. The fourth-order valence-corrected chi connectivity index (χ4v) is 6.00. The van der Waals surface area contributed by atoms with Crippen LogP contribution in [-0.4, -0.2) is 90.3 Å². The first-order valence-corrected chi connectivity index (χ1v) is 15.7. The van der Waals surface area contributed by atoms with Crippen molar-refractivity contribution < 1.29 is 14.6 Å². The fraction of sp³-hybridized carbons (Fsp3) is 0.364. The number of aryl methyl sites for hydroxylation is 1. The molecule has 0 spiro atoms. The number of rotatable bonds is 14. The fourth-order valence-electron chi connectivity index (χ4n) is 5.11. The number of amides is 1. The summed E-state index contributed by atoms with van der Waals surface area (Å²) in [5.41, 5.74) is 4.19. The number of β-amino-alcohol motifs (C(OH)–C–C–N with tert-alkyl or cyclic N) is 1. The van der Waals surface area contributed by atoms with Gasteiger partial charge in [0.1, 0.15) is 5.75 Å². The summed E-state index contributed by atoms with van der Waals surface area (Å²) in [6.07, 6.45) is 4.46. The van der Waals surface area contributed by atoms with Crippen LogP contribution in [-0.2, 0) is 12.8 Å². The molecule has 3 heterocycles. The van der Waals surface area contributed by atoms with Gasteiger partial charge in [-0.25, -0.2) is 9.97 Å². The average Bonchev–Trinajstić information content (AvgIpc) is 3.55. The summed E-state index contributed by atoms with van der Waals surface area (Å²) < 4.78 is 5.28. The van der Waals surface area contributed by atoms with Gasteiger partial charge in [-0.2, -0.15) is 0 Å². The van der Waals surface area contributed by atoms with Crippen LogP contribution in [0.4, 0.5) is 11.6 Å². The number of aromatic nitrogens is 2. The molecule has 2 aromatic heterocycles. The van der Waals surface area contributed by atoms with Gasteiger partial charge < -0.3 is 25.4 Å². The first kappa shape index (κ1) is 30.6. The van der Waals surface area contributed by atoms with Crippen LogP contribution >= 0.6 is 11.3 Å². The van der Waals surface area contributed by atoms with Crippen molar-refractivity contribution in [1.82, 2.24) is 25.1 Å². The van der Waals surface area contributed by atoms with Crippen LogP contribution in [0.1, 0.15) is 27.2 Å². The zero-order valence-corrected chi connectivity index (χ0v) is 25.5. The van der Waals surface area contributed by atoms with E-state index in [0.29, 0.717) is 17.4 Å². The van der Waals surface area contributed by atoms with Gasteiger partial charge in [-0.05, 0) is 72.9 Å². The van der Waals surface area contributed by atoms with Gasteiger partial charge in [0.25, 0.3) is 5.91 Å². The van der Waals surface area contributed by atoms with E-state index in [2.05, 4.69) is 55.7 Å². The van der Waals surface area contributed by atoms with Crippen molar-refractivity contribution in [3.8, 4) is 16.3 Å². The van der Waals surface area contributed by atoms with Gasteiger partial charge in [0, 0.05) is 57.7 Å². The molecule has 1 aliphatic heterocycles. The average molecular weight is 601 g/mol. The third-order valence-electron chi connectivity index (χ3n) is 7.61. The molecule has 0 saturated carbocycles. The number of methoxy groups -OCH3 is 1. The SMILES string of the molecule is COc1cccc(CCCNC(=O)c2ccc(-c3ccnc(Nc4ccc(CCN5CCN(CCO)CC5)cc4)n3)s2)c1. The number of carbonyl (C=O) groups excluding carboxylic acids is 1. The van der Waals surface area contributed by atoms with Gasteiger partial charge in [-0.15, -0.1) is 11.3 Å². The Balaban J connectivity index is 1.08. The first-order valence-electron chi connectivity index (χ1n) is 14.9. The molecule has 3 N–H and O–H groups in total. The minimum absolute atomic E-state index is 0.0710. The van der Waals surface area contributed by atoms with Crippen LogP contribution < -0.4 is 15.4 Å². The van der Waals surface area contributed by atoms with E-state index in [-0.39, 0.29) is 12.5 Å². The Morgan fingerprint density at radius 3 is 2.51 bits per heavy atom. The van der Waals surface area contributed by atoms with E-state index < -0.39 is 0 Å². The summed E-state index contributed by atoms with van der Waals surface area (Å²) in [5, 5.41) is 15.5. The Hall–Kier alpha value is -3.83. The maximum Gasteiger partial charge on any atom is 0.261 e. The number of aliphatic hydroxyl groups excluding tert-OH is 1. The molecule has 1 amide bonds. The van der Waals surface area contributed by atoms with Crippen LogP contribution in [0.3, 0.4) is 0 Å². The Kier molecular flexibility index (Phi) is 11.1. The lowest BCUT2D eigenvalue weighted by molar-refractivity contribution is 0.0957. The molecule has 5 rings (SSSR count). The monoisotopic (exact) mass is 600 g/mol. The molecule has 0 radical (unpaired) electrons. The molecule has 0 atom stereocenters. The van der Waals surface area contributed by atoms with Crippen molar-refractivity contribution in [3.63, 3.8) is 0 Å². The van der Waals surface area contributed by atoms with Gasteiger partial charge in [-0.1, -0.05) is 24.3 Å². The Bertz CT molecular complexity index is 1450. The maximum absolute atomic E-state index is 12.7. The van der Waals surface area contributed by atoms with E-state index >= 15 is 0 Å². The number of hydrogen-bond acceptors (Lipinski definition) is 9. The Morgan fingerprint density at radius 2 is 1.74 bits per heavy atom. The van der Waals surface area contributed by atoms with Crippen LogP contribution in [0.2, 0.25) is 0 Å². The van der Waals surface area contributed by atoms with Crippen LogP contribution in [0.15, 0.2) is 72.9 Å². The molecule has 226 valence electrons. The Labute approximate surface area is 257 Å². The molecule has 10 heteroatoms. The van der Waals surface area contributed by atoms with Crippen molar-refractivity contribution >= 4 is 28.9 Å². The first-order chi connectivity index (χ1) is 21.1. The van der Waals surface area contributed by atoms with E-state index in [9.17, 15) is 4.79 Å². The van der Waals surface area contributed by atoms with E-state index in [0.717, 1.165) is 80.5 Å². The lowest BCUT2D eigenvalue weighted by Crippen LogP contribution is -2.47. The number of thiophene rings is 1. The third kappa shape index (κ3) is 9.08. The second-order valence-corrected chi connectivity index (χ2v) is 11.7. The minimum Gasteiger partial charge on any atom is -0.497 e. The quantitative estimate of drug-likeness (QED) is 0.182. The van der Waals surface area contributed by atoms with Gasteiger partial charge in [0.15, 0.2) is 0 Å². The highest BCUT2D eigenvalue weighted by Crippen LogP contribution is 2.27. The molecule has 1 aliphatic rings. The summed E-state index contributed by atoms with van der Waals surface area (Å²) in [6, 6.07) is 22.1. The summed E-state index contributed by atoms with van der Waals surface area (Å²) in [4.78, 5) is 28.2. The molecule has 2 aromatic carbocycles. The molecule has 4 aromatic rings. The number of benzene rings is 2. The maximum atomic E-state index is 12.7. The number of piperazine rings is 1. The van der Waals surface area contributed by atoms with Crippen molar-refractivity contribution in [2.24, 2.45) is 0 Å². The van der Waals surface area contributed by atoms with Crippen molar-refractivity contribution in [1.29, 1.82) is 0 Å². The number of anilines is 2. The minimum atomic E-state index is -0.0710. The van der Waals surface area contributed by atoms with Gasteiger partial charge in [0.05, 0.1) is 29.2 Å². The van der Waals surface area contributed by atoms with E-state index in [1.54, 1.807) is 13.3 Å². The summed E-state index contributed by atoms with van der Waals surface area (Å²) in [5.74, 6) is 1.29. The largest absolute Gasteiger partial charge is 0.497 e. The van der Waals surface area contributed by atoms with Gasteiger partial charge >= 0.3 is 0 Å². The zero-order chi connectivity index (χ0) is 29.9. The second kappa shape index (κ2) is 15.6. The highest BCUT2D eigenvalue weighted by Gasteiger charge is 2.16. The molecule has 0 bridgehead atoms. The Morgan fingerprint density at radius 1 is 0.953 bits per heavy atom. The van der Waals surface area contributed by atoms with Crippen LogP contribution in [0, 0.1) is 0 Å². The molecule has 9 nitrogen and oxygen atoms in total. The molecule has 43 heavy (non-hydrogen) atoms. The number of carbonyl (C=O) groups is 1.